The van der Waals surface area contributed by atoms with Gasteiger partial charge < -0.3 is 0 Å². The fraction of sp³-hybridized carbons (Fsp3) is 0.833. The molecule has 0 radical (unpaired) electrons. The predicted octanol–water partition coefficient (Wildman–Crippen LogP) is -1.78. The van der Waals surface area contributed by atoms with Crippen LogP contribution in [-0.4, -0.2) is 55.6 Å². The zero-order chi connectivity index (χ0) is 9.90. The smallest absolute Gasteiger partial charge is 0.257 e. The number of carbonyl (C=O) groups is 1. The molecule has 0 bridgehead atoms. The number of hydrogen-bond acceptors (Lipinski definition) is 5. The van der Waals surface area contributed by atoms with Gasteiger partial charge in [0.25, 0.3) is 5.91 Å². The molecule has 1 aliphatic rings. The Morgan fingerprint density at radius 1 is 1.38 bits per heavy atom. The van der Waals surface area contributed by atoms with Gasteiger partial charge in [-0.05, 0) is 0 Å². The average Bonchev–Trinajstić information content (AvgIpc) is 2.08. The molecule has 76 valence electrons. The van der Waals surface area contributed by atoms with Gasteiger partial charge >= 0.3 is 0 Å². The van der Waals surface area contributed by atoms with Gasteiger partial charge in [-0.25, -0.2) is 13.9 Å². The van der Waals surface area contributed by atoms with Crippen LogP contribution >= 0.6 is 0 Å². The van der Waals surface area contributed by atoms with E-state index in [0.29, 0.717) is 13.1 Å². The SMILES string of the molecule is O=C(CN1CCS(=O)(=O)CC1)NO. The molecule has 1 rings (SSSR count). The monoisotopic (exact) mass is 208 g/mol. The minimum absolute atomic E-state index is 0.0476. The summed E-state index contributed by atoms with van der Waals surface area (Å²) < 4.78 is 21.9. The van der Waals surface area contributed by atoms with Crippen LogP contribution < -0.4 is 5.48 Å². The van der Waals surface area contributed by atoms with E-state index in [1.807, 2.05) is 0 Å². The van der Waals surface area contributed by atoms with Crippen LogP contribution in [0.15, 0.2) is 0 Å². The number of carbonyl (C=O) groups excluding carboxylic acids is 1. The molecule has 1 saturated heterocycles. The van der Waals surface area contributed by atoms with Crippen molar-refractivity contribution < 1.29 is 18.4 Å². The van der Waals surface area contributed by atoms with Crippen LogP contribution in [0.1, 0.15) is 0 Å². The average molecular weight is 208 g/mol. The fourth-order valence-corrected chi connectivity index (χ4v) is 2.42. The highest BCUT2D eigenvalue weighted by Gasteiger charge is 2.22. The van der Waals surface area contributed by atoms with Crippen LogP contribution in [0.4, 0.5) is 0 Å². The molecule has 0 aromatic heterocycles. The van der Waals surface area contributed by atoms with Crippen LogP contribution in [0.3, 0.4) is 0 Å². The summed E-state index contributed by atoms with van der Waals surface area (Å²) >= 11 is 0. The van der Waals surface area contributed by atoms with Crippen molar-refractivity contribution in [2.45, 2.75) is 0 Å². The lowest BCUT2D eigenvalue weighted by molar-refractivity contribution is -0.130. The van der Waals surface area contributed by atoms with Crippen molar-refractivity contribution >= 4 is 15.7 Å². The Morgan fingerprint density at radius 2 is 1.92 bits per heavy atom. The Bertz CT molecular complexity index is 273. The third kappa shape index (κ3) is 3.29. The molecule has 1 amide bonds. The lowest BCUT2D eigenvalue weighted by atomic mass is 10.4. The molecule has 0 saturated carbocycles. The summed E-state index contributed by atoms with van der Waals surface area (Å²) in [5.41, 5.74) is 1.50. The first-order valence-electron chi connectivity index (χ1n) is 3.89. The maximum Gasteiger partial charge on any atom is 0.257 e. The molecule has 0 atom stereocenters. The highest BCUT2D eigenvalue weighted by molar-refractivity contribution is 7.91. The van der Waals surface area contributed by atoms with Crippen molar-refractivity contribution in [1.82, 2.24) is 10.4 Å². The minimum atomic E-state index is -2.89. The normalized spacial score (nSPS) is 22.5. The van der Waals surface area contributed by atoms with Gasteiger partial charge in [0, 0.05) is 13.1 Å². The van der Waals surface area contributed by atoms with Gasteiger partial charge in [-0.3, -0.25) is 14.9 Å². The number of nitrogens with one attached hydrogen (secondary N) is 1. The molecular formula is C6H12N2O4S. The highest BCUT2D eigenvalue weighted by Crippen LogP contribution is 2.02. The molecule has 1 heterocycles. The van der Waals surface area contributed by atoms with E-state index in [2.05, 4.69) is 0 Å². The second kappa shape index (κ2) is 4.03. The molecule has 0 spiro atoms. The summed E-state index contributed by atoms with van der Waals surface area (Å²) in [6, 6.07) is 0. The summed E-state index contributed by atoms with van der Waals surface area (Å²) in [4.78, 5) is 12.4. The first kappa shape index (κ1) is 10.4. The molecule has 0 aliphatic carbocycles. The highest BCUT2D eigenvalue weighted by atomic mass is 32.2. The van der Waals surface area contributed by atoms with Gasteiger partial charge in [0.2, 0.25) is 0 Å². The van der Waals surface area contributed by atoms with E-state index in [0.717, 1.165) is 0 Å². The molecule has 1 aliphatic heterocycles. The topological polar surface area (TPSA) is 86.7 Å². The maximum absolute atomic E-state index is 11.0. The summed E-state index contributed by atoms with van der Waals surface area (Å²) in [5, 5.41) is 8.22. The Kier molecular flexibility index (Phi) is 3.23. The largest absolute Gasteiger partial charge is 0.292 e. The Morgan fingerprint density at radius 3 is 2.38 bits per heavy atom. The molecule has 6 nitrogen and oxygen atoms in total. The summed E-state index contributed by atoms with van der Waals surface area (Å²) in [6.45, 7) is 0.761. The van der Waals surface area contributed by atoms with E-state index < -0.39 is 15.7 Å². The number of sulfone groups is 1. The van der Waals surface area contributed by atoms with E-state index >= 15 is 0 Å². The van der Waals surface area contributed by atoms with Gasteiger partial charge in [0.1, 0.15) is 0 Å². The molecule has 0 unspecified atom stereocenters. The molecule has 1 fully saturated rings. The van der Waals surface area contributed by atoms with Gasteiger partial charge in [-0.2, -0.15) is 0 Å². The van der Waals surface area contributed by atoms with Crippen LogP contribution in [0.2, 0.25) is 0 Å². The number of nitrogens with zero attached hydrogens (tertiary/aromatic N) is 1. The number of hydroxylamine groups is 1. The van der Waals surface area contributed by atoms with Crippen LogP contribution in [-0.2, 0) is 14.6 Å². The number of rotatable bonds is 2. The minimum Gasteiger partial charge on any atom is -0.292 e. The molecule has 0 aromatic rings. The van der Waals surface area contributed by atoms with Crippen molar-refractivity contribution in [3.05, 3.63) is 0 Å². The quantitative estimate of drug-likeness (QED) is 0.414. The van der Waals surface area contributed by atoms with E-state index in [-0.39, 0.29) is 18.1 Å². The van der Waals surface area contributed by atoms with Crippen molar-refractivity contribution in [2.75, 3.05) is 31.1 Å². The Hall–Kier alpha value is -0.660. The summed E-state index contributed by atoms with van der Waals surface area (Å²) in [5.74, 6) is -0.337. The van der Waals surface area contributed by atoms with E-state index in [1.54, 1.807) is 4.90 Å². The van der Waals surface area contributed by atoms with Crippen molar-refractivity contribution in [3.63, 3.8) is 0 Å². The van der Waals surface area contributed by atoms with Crippen molar-refractivity contribution in [2.24, 2.45) is 0 Å². The third-order valence-corrected chi connectivity index (χ3v) is 3.54. The zero-order valence-electron chi connectivity index (χ0n) is 7.06. The van der Waals surface area contributed by atoms with E-state index in [4.69, 9.17) is 5.21 Å². The number of amides is 1. The second-order valence-electron chi connectivity index (χ2n) is 2.96. The van der Waals surface area contributed by atoms with Crippen LogP contribution in [0, 0.1) is 0 Å². The van der Waals surface area contributed by atoms with Gasteiger partial charge in [-0.1, -0.05) is 0 Å². The van der Waals surface area contributed by atoms with Gasteiger partial charge in [-0.15, -0.1) is 0 Å². The first-order chi connectivity index (χ1) is 6.03. The van der Waals surface area contributed by atoms with E-state index in [1.165, 1.54) is 5.48 Å². The van der Waals surface area contributed by atoms with Crippen LogP contribution in [0.25, 0.3) is 0 Å². The lowest BCUT2D eigenvalue weighted by Gasteiger charge is -2.25. The maximum atomic E-state index is 11.0. The van der Waals surface area contributed by atoms with Crippen LogP contribution in [0.5, 0.6) is 0 Å². The fourth-order valence-electron chi connectivity index (χ4n) is 1.15. The molecule has 13 heavy (non-hydrogen) atoms. The third-order valence-electron chi connectivity index (χ3n) is 1.93. The molecule has 0 aromatic carbocycles. The molecular weight excluding hydrogens is 196 g/mol. The Labute approximate surface area is 76.4 Å². The standard InChI is InChI=1S/C6H12N2O4S/c9-6(7-10)5-8-1-3-13(11,12)4-2-8/h10H,1-5H2,(H,7,9). The van der Waals surface area contributed by atoms with Gasteiger partial charge in [0.05, 0.1) is 18.1 Å². The van der Waals surface area contributed by atoms with Crippen molar-refractivity contribution in [1.29, 1.82) is 0 Å². The zero-order valence-corrected chi connectivity index (χ0v) is 7.88. The van der Waals surface area contributed by atoms with Crippen molar-refractivity contribution in [3.8, 4) is 0 Å². The van der Waals surface area contributed by atoms with E-state index in [9.17, 15) is 13.2 Å². The lowest BCUT2D eigenvalue weighted by Crippen LogP contribution is -2.44. The second-order valence-corrected chi connectivity index (χ2v) is 5.27. The number of hydrogen-bond donors (Lipinski definition) is 2. The predicted molar refractivity (Wildman–Crippen MR) is 45.0 cm³/mol. The first-order valence-corrected chi connectivity index (χ1v) is 5.71. The summed E-state index contributed by atoms with van der Waals surface area (Å²) in [6.07, 6.45) is 0. The Balaban J connectivity index is 2.38. The van der Waals surface area contributed by atoms with Gasteiger partial charge in [0.15, 0.2) is 9.84 Å². The molecule has 7 heteroatoms. The summed E-state index contributed by atoms with van der Waals surface area (Å²) in [7, 11) is -2.89. The molecule has 2 N–H and O–H groups in total.